The number of aryl methyl sites for hydroxylation is 1. The Morgan fingerprint density at radius 1 is 1.17 bits per heavy atom. The summed E-state index contributed by atoms with van der Waals surface area (Å²) >= 11 is 1.33. The first-order valence-electron chi connectivity index (χ1n) is 8.88. The van der Waals surface area contributed by atoms with E-state index < -0.39 is 0 Å². The first-order chi connectivity index (χ1) is 13.9. The highest BCUT2D eigenvalue weighted by atomic mass is 32.1. The number of hydrazone groups is 1. The molecule has 29 heavy (non-hydrogen) atoms. The second kappa shape index (κ2) is 8.66. The molecule has 3 aromatic rings. The first kappa shape index (κ1) is 20.2. The van der Waals surface area contributed by atoms with Gasteiger partial charge in [-0.15, -0.1) is 11.3 Å². The third kappa shape index (κ3) is 4.67. The minimum atomic E-state index is -0.350. The van der Waals surface area contributed by atoms with Gasteiger partial charge in [0.25, 0.3) is 5.91 Å². The van der Waals surface area contributed by atoms with Crippen LogP contribution in [0.3, 0.4) is 0 Å². The highest BCUT2D eigenvalue weighted by Gasteiger charge is 2.20. The van der Waals surface area contributed by atoms with E-state index in [2.05, 4.69) is 15.5 Å². The van der Waals surface area contributed by atoms with Gasteiger partial charge in [0.2, 0.25) is 5.91 Å². The summed E-state index contributed by atoms with van der Waals surface area (Å²) in [6, 6.07) is 12.3. The molecule has 148 valence electrons. The Kier molecular flexibility index (Phi) is 6.04. The monoisotopic (exact) mass is 407 g/mol. The van der Waals surface area contributed by atoms with E-state index in [1.807, 2.05) is 32.0 Å². The third-order valence-corrected chi connectivity index (χ3v) is 5.21. The van der Waals surface area contributed by atoms with E-state index >= 15 is 0 Å². The zero-order chi connectivity index (χ0) is 21.0. The molecular formula is C21H21N5O2S. The predicted molar refractivity (Wildman–Crippen MR) is 117 cm³/mol. The lowest BCUT2D eigenvalue weighted by molar-refractivity contribution is -0.115. The van der Waals surface area contributed by atoms with Crippen LogP contribution in [0.1, 0.15) is 34.1 Å². The Morgan fingerprint density at radius 2 is 1.90 bits per heavy atom. The number of thiazole rings is 1. The van der Waals surface area contributed by atoms with Crippen molar-refractivity contribution < 1.29 is 9.59 Å². The van der Waals surface area contributed by atoms with Crippen LogP contribution >= 0.6 is 11.3 Å². The number of nitrogens with one attached hydrogen (secondary N) is 1. The van der Waals surface area contributed by atoms with Crippen LogP contribution in [-0.2, 0) is 4.79 Å². The maximum absolute atomic E-state index is 12.3. The molecule has 0 saturated carbocycles. The fraction of sp³-hybridized carbons (Fsp3) is 0.143. The quantitative estimate of drug-likeness (QED) is 0.382. The van der Waals surface area contributed by atoms with E-state index in [0.29, 0.717) is 22.1 Å². The maximum Gasteiger partial charge on any atom is 0.271 e. The highest BCUT2D eigenvalue weighted by Crippen LogP contribution is 2.32. The van der Waals surface area contributed by atoms with Crippen LogP contribution in [0.4, 0.5) is 16.5 Å². The number of anilines is 3. The number of benzene rings is 2. The molecule has 1 aromatic heterocycles. The molecule has 2 aromatic carbocycles. The minimum Gasteiger partial charge on any atom is -0.399 e. The van der Waals surface area contributed by atoms with Gasteiger partial charge in [-0.25, -0.2) is 10.4 Å². The largest absolute Gasteiger partial charge is 0.399 e. The molecule has 3 N–H and O–H groups in total. The molecule has 0 unspecified atom stereocenters. The van der Waals surface area contributed by atoms with Crippen molar-refractivity contribution in [2.75, 3.05) is 10.6 Å². The van der Waals surface area contributed by atoms with Crippen LogP contribution in [0.2, 0.25) is 0 Å². The molecule has 1 heterocycles. The standard InChI is InChI=1S/C21H21N5O2S/c1-13-5-4-6-19(14(13)2)26(15(3)27)21-24-18(12-29-21)11-23-25-20(28)16-7-9-17(22)10-8-16/h4-12H,22H2,1-3H3,(H,25,28)/b23-11-. The predicted octanol–water partition coefficient (Wildman–Crippen LogP) is 3.79. The van der Waals surface area contributed by atoms with Crippen LogP contribution in [0, 0.1) is 13.8 Å². The fourth-order valence-electron chi connectivity index (χ4n) is 2.68. The van der Waals surface area contributed by atoms with Crippen LogP contribution < -0.4 is 16.1 Å². The molecule has 0 fully saturated rings. The number of nitrogens with zero attached hydrogens (tertiary/aromatic N) is 3. The molecule has 7 nitrogen and oxygen atoms in total. The van der Waals surface area contributed by atoms with Crippen molar-refractivity contribution in [1.29, 1.82) is 0 Å². The number of amides is 2. The normalized spacial score (nSPS) is 10.9. The van der Waals surface area contributed by atoms with Crippen molar-refractivity contribution in [1.82, 2.24) is 10.4 Å². The Bertz CT molecular complexity index is 1070. The summed E-state index contributed by atoms with van der Waals surface area (Å²) in [5.74, 6) is -0.481. The van der Waals surface area contributed by atoms with E-state index in [9.17, 15) is 9.59 Å². The van der Waals surface area contributed by atoms with Gasteiger partial charge in [0.05, 0.1) is 17.6 Å². The molecular weight excluding hydrogens is 386 g/mol. The number of carbonyl (C=O) groups excluding carboxylic acids is 2. The zero-order valence-corrected chi connectivity index (χ0v) is 17.2. The van der Waals surface area contributed by atoms with Crippen molar-refractivity contribution in [3.63, 3.8) is 0 Å². The van der Waals surface area contributed by atoms with Gasteiger partial charge in [0.15, 0.2) is 5.13 Å². The molecule has 0 bridgehead atoms. The van der Waals surface area contributed by atoms with Crippen molar-refractivity contribution in [2.45, 2.75) is 20.8 Å². The number of hydrogen-bond donors (Lipinski definition) is 2. The summed E-state index contributed by atoms with van der Waals surface area (Å²) < 4.78 is 0. The molecule has 0 aliphatic heterocycles. The van der Waals surface area contributed by atoms with E-state index in [0.717, 1.165) is 16.8 Å². The lowest BCUT2D eigenvalue weighted by atomic mass is 10.1. The third-order valence-electron chi connectivity index (χ3n) is 4.37. The SMILES string of the molecule is CC(=O)N(c1nc(/C=N\NC(=O)c2ccc(N)cc2)cs1)c1cccc(C)c1C. The van der Waals surface area contributed by atoms with Crippen molar-refractivity contribution in [3.05, 3.63) is 70.2 Å². The second-order valence-corrected chi connectivity index (χ2v) is 7.29. The van der Waals surface area contributed by atoms with Gasteiger partial charge >= 0.3 is 0 Å². The molecule has 8 heteroatoms. The molecule has 0 radical (unpaired) electrons. The summed E-state index contributed by atoms with van der Waals surface area (Å²) in [7, 11) is 0. The van der Waals surface area contributed by atoms with Crippen molar-refractivity contribution >= 4 is 45.9 Å². The Morgan fingerprint density at radius 3 is 2.59 bits per heavy atom. The summed E-state index contributed by atoms with van der Waals surface area (Å²) in [5, 5.41) is 6.26. The van der Waals surface area contributed by atoms with Gasteiger partial charge in [-0.05, 0) is 55.3 Å². The van der Waals surface area contributed by atoms with E-state index in [1.165, 1.54) is 24.5 Å². The smallest absolute Gasteiger partial charge is 0.271 e. The summed E-state index contributed by atoms with van der Waals surface area (Å²) in [5.41, 5.74) is 12.5. The molecule has 0 aliphatic rings. The van der Waals surface area contributed by atoms with Crippen LogP contribution in [0.5, 0.6) is 0 Å². The number of hydrogen-bond acceptors (Lipinski definition) is 6. The topological polar surface area (TPSA) is 101 Å². The number of nitrogen functional groups attached to an aromatic ring is 1. The Hall–Kier alpha value is -3.52. The molecule has 2 amide bonds. The highest BCUT2D eigenvalue weighted by molar-refractivity contribution is 7.14. The van der Waals surface area contributed by atoms with Crippen molar-refractivity contribution in [2.24, 2.45) is 5.10 Å². The van der Waals surface area contributed by atoms with Gasteiger partial charge < -0.3 is 5.73 Å². The van der Waals surface area contributed by atoms with Crippen molar-refractivity contribution in [3.8, 4) is 0 Å². The molecule has 0 aliphatic carbocycles. The van der Waals surface area contributed by atoms with Gasteiger partial charge in [-0.1, -0.05) is 12.1 Å². The van der Waals surface area contributed by atoms with Crippen LogP contribution in [-0.4, -0.2) is 23.0 Å². The number of rotatable bonds is 5. The molecule has 3 rings (SSSR count). The zero-order valence-electron chi connectivity index (χ0n) is 16.3. The van der Waals surface area contributed by atoms with Gasteiger partial charge in [-0.2, -0.15) is 5.10 Å². The second-order valence-electron chi connectivity index (χ2n) is 6.45. The summed E-state index contributed by atoms with van der Waals surface area (Å²) in [6.07, 6.45) is 1.44. The number of carbonyl (C=O) groups is 2. The minimum absolute atomic E-state index is 0.131. The van der Waals surface area contributed by atoms with Crippen LogP contribution in [0.25, 0.3) is 0 Å². The van der Waals surface area contributed by atoms with E-state index in [4.69, 9.17) is 5.73 Å². The fourth-order valence-corrected chi connectivity index (χ4v) is 3.51. The molecule has 0 atom stereocenters. The molecule has 0 spiro atoms. The number of nitrogens with two attached hydrogens (primary N) is 1. The van der Waals surface area contributed by atoms with E-state index in [1.54, 1.807) is 34.5 Å². The lowest BCUT2D eigenvalue weighted by Gasteiger charge is -2.21. The first-order valence-corrected chi connectivity index (χ1v) is 9.76. The average molecular weight is 407 g/mol. The number of aromatic nitrogens is 1. The lowest BCUT2D eigenvalue weighted by Crippen LogP contribution is -2.23. The average Bonchev–Trinajstić information content (AvgIpc) is 3.14. The Balaban J connectivity index is 1.75. The van der Waals surface area contributed by atoms with Gasteiger partial charge in [0, 0.05) is 23.6 Å². The molecule has 0 saturated heterocycles. The maximum atomic E-state index is 12.3. The summed E-state index contributed by atoms with van der Waals surface area (Å²) in [4.78, 5) is 30.4. The van der Waals surface area contributed by atoms with E-state index in [-0.39, 0.29) is 11.8 Å². The summed E-state index contributed by atoms with van der Waals surface area (Å²) in [6.45, 7) is 5.48. The van der Waals surface area contributed by atoms with Gasteiger partial charge in [-0.3, -0.25) is 14.5 Å². The Labute approximate surface area is 172 Å². The van der Waals surface area contributed by atoms with Crippen LogP contribution in [0.15, 0.2) is 52.9 Å². The van der Waals surface area contributed by atoms with Gasteiger partial charge in [0.1, 0.15) is 0 Å².